The fourth-order valence-electron chi connectivity index (χ4n) is 2.96. The zero-order valence-corrected chi connectivity index (χ0v) is 11.9. The lowest BCUT2D eigenvalue weighted by molar-refractivity contribution is -0.118. The van der Waals surface area contributed by atoms with Gasteiger partial charge in [0.05, 0.1) is 12.2 Å². The Hall–Kier alpha value is -1.78. The Morgan fingerprint density at radius 2 is 2.45 bits per heavy atom. The fraction of sp³-hybridized carbons (Fsp3) is 0.600. The van der Waals surface area contributed by atoms with E-state index >= 15 is 0 Å². The van der Waals surface area contributed by atoms with Crippen LogP contribution in [0.15, 0.2) is 23.7 Å². The molecule has 1 unspecified atom stereocenters. The Kier molecular flexibility index (Phi) is 3.76. The number of imidazole rings is 1. The number of fused-ring (bicyclic) bond motifs is 1. The second-order valence-electron chi connectivity index (χ2n) is 5.60. The number of nitrogens with one attached hydrogen (secondary N) is 1. The van der Waals surface area contributed by atoms with Crippen molar-refractivity contribution in [1.82, 2.24) is 14.9 Å². The van der Waals surface area contributed by atoms with Crippen molar-refractivity contribution in [2.24, 2.45) is 5.92 Å². The molecule has 108 valence electrons. The number of carbonyl (C=O) groups excluding carboxylic acids is 1. The number of aromatic nitrogens is 2. The van der Waals surface area contributed by atoms with Crippen LogP contribution in [0.2, 0.25) is 0 Å². The van der Waals surface area contributed by atoms with E-state index < -0.39 is 0 Å². The standard InChI is InChI=1S/C15H21N3O2/c1-11-13(3-2-8-20-11)15(19)17-9-12-4-5-14-16-6-7-18(14)10-12/h6-7,12H,2-5,8-10H2,1H3,(H,17,19). The van der Waals surface area contributed by atoms with Crippen LogP contribution in [-0.4, -0.2) is 28.6 Å². The lowest BCUT2D eigenvalue weighted by atomic mass is 9.99. The molecule has 5 nitrogen and oxygen atoms in total. The molecule has 5 heteroatoms. The molecule has 0 bridgehead atoms. The number of hydrogen-bond acceptors (Lipinski definition) is 3. The first-order chi connectivity index (χ1) is 9.74. The fourth-order valence-corrected chi connectivity index (χ4v) is 2.96. The maximum Gasteiger partial charge on any atom is 0.250 e. The zero-order chi connectivity index (χ0) is 13.9. The highest BCUT2D eigenvalue weighted by Gasteiger charge is 2.21. The van der Waals surface area contributed by atoms with Gasteiger partial charge in [0.2, 0.25) is 0 Å². The quantitative estimate of drug-likeness (QED) is 0.912. The van der Waals surface area contributed by atoms with E-state index in [-0.39, 0.29) is 5.91 Å². The Bertz CT molecular complexity index is 533. The van der Waals surface area contributed by atoms with Crippen LogP contribution in [0, 0.1) is 5.92 Å². The van der Waals surface area contributed by atoms with Crippen LogP contribution in [0.1, 0.15) is 32.0 Å². The largest absolute Gasteiger partial charge is 0.498 e. The number of nitrogens with zero attached hydrogens (tertiary/aromatic N) is 2. The summed E-state index contributed by atoms with van der Waals surface area (Å²) in [6.45, 7) is 4.29. The summed E-state index contributed by atoms with van der Waals surface area (Å²) in [6.07, 6.45) is 7.72. The lowest BCUT2D eigenvalue weighted by Crippen LogP contribution is -2.35. The van der Waals surface area contributed by atoms with Gasteiger partial charge in [-0.15, -0.1) is 0 Å². The van der Waals surface area contributed by atoms with Gasteiger partial charge in [-0.1, -0.05) is 0 Å². The monoisotopic (exact) mass is 275 g/mol. The van der Waals surface area contributed by atoms with Gasteiger partial charge in [0.15, 0.2) is 0 Å². The second-order valence-corrected chi connectivity index (χ2v) is 5.60. The lowest BCUT2D eigenvalue weighted by Gasteiger charge is -2.25. The van der Waals surface area contributed by atoms with Gasteiger partial charge >= 0.3 is 0 Å². The predicted molar refractivity (Wildman–Crippen MR) is 74.9 cm³/mol. The molecule has 1 N–H and O–H groups in total. The maximum atomic E-state index is 12.2. The van der Waals surface area contributed by atoms with Crippen molar-refractivity contribution in [3.05, 3.63) is 29.6 Å². The molecule has 0 aromatic carbocycles. The SMILES string of the molecule is CC1=C(C(=O)NCC2CCc3nccn3C2)CCCO1. The van der Waals surface area contributed by atoms with E-state index in [9.17, 15) is 4.79 Å². The number of hydrogen-bond donors (Lipinski definition) is 1. The molecule has 0 fully saturated rings. The molecule has 20 heavy (non-hydrogen) atoms. The van der Waals surface area contributed by atoms with Crippen molar-refractivity contribution in [2.75, 3.05) is 13.2 Å². The molecule has 0 radical (unpaired) electrons. The Morgan fingerprint density at radius 1 is 1.55 bits per heavy atom. The topological polar surface area (TPSA) is 56.2 Å². The molecule has 2 aliphatic rings. The van der Waals surface area contributed by atoms with E-state index in [2.05, 4.69) is 14.9 Å². The Balaban J connectivity index is 1.54. The van der Waals surface area contributed by atoms with Crippen LogP contribution in [0.3, 0.4) is 0 Å². The third-order valence-electron chi connectivity index (χ3n) is 4.17. The van der Waals surface area contributed by atoms with Gasteiger partial charge in [-0.05, 0) is 32.1 Å². The highest BCUT2D eigenvalue weighted by Crippen LogP contribution is 2.20. The van der Waals surface area contributed by atoms with Gasteiger partial charge in [0.1, 0.15) is 11.6 Å². The molecule has 0 aliphatic carbocycles. The summed E-state index contributed by atoms with van der Waals surface area (Å²) in [7, 11) is 0. The van der Waals surface area contributed by atoms with E-state index in [4.69, 9.17) is 4.74 Å². The van der Waals surface area contributed by atoms with Gasteiger partial charge in [-0.2, -0.15) is 0 Å². The first kappa shape index (κ1) is 13.2. The first-order valence-electron chi connectivity index (χ1n) is 7.35. The predicted octanol–water partition coefficient (Wildman–Crippen LogP) is 1.65. The average Bonchev–Trinajstić information content (AvgIpc) is 2.92. The summed E-state index contributed by atoms with van der Waals surface area (Å²) in [6, 6.07) is 0. The molecule has 1 aromatic rings. The van der Waals surface area contributed by atoms with Crippen LogP contribution >= 0.6 is 0 Å². The molecule has 0 spiro atoms. The van der Waals surface area contributed by atoms with Crippen molar-refractivity contribution in [1.29, 1.82) is 0 Å². The molecule has 3 rings (SSSR count). The molecule has 1 aromatic heterocycles. The number of rotatable bonds is 3. The number of ether oxygens (including phenoxy) is 1. The summed E-state index contributed by atoms with van der Waals surface area (Å²) < 4.78 is 7.63. The summed E-state index contributed by atoms with van der Waals surface area (Å²) in [5.41, 5.74) is 0.815. The van der Waals surface area contributed by atoms with E-state index in [1.54, 1.807) is 0 Å². The molecule has 0 saturated heterocycles. The molecular weight excluding hydrogens is 254 g/mol. The minimum absolute atomic E-state index is 0.0404. The molecule has 0 saturated carbocycles. The van der Waals surface area contributed by atoms with Crippen molar-refractivity contribution < 1.29 is 9.53 Å². The Morgan fingerprint density at radius 3 is 3.30 bits per heavy atom. The van der Waals surface area contributed by atoms with E-state index in [0.29, 0.717) is 5.92 Å². The smallest absolute Gasteiger partial charge is 0.250 e. The van der Waals surface area contributed by atoms with Crippen LogP contribution < -0.4 is 5.32 Å². The number of allylic oxidation sites excluding steroid dienone is 1. The van der Waals surface area contributed by atoms with Gasteiger partial charge < -0.3 is 14.6 Å². The van der Waals surface area contributed by atoms with Gasteiger partial charge in [0.25, 0.3) is 5.91 Å². The average molecular weight is 275 g/mol. The normalized spacial score (nSPS) is 22.1. The zero-order valence-electron chi connectivity index (χ0n) is 11.9. The van der Waals surface area contributed by atoms with Crippen molar-refractivity contribution in [3.8, 4) is 0 Å². The third kappa shape index (κ3) is 2.71. The Labute approximate surface area is 119 Å². The van der Waals surface area contributed by atoms with Gasteiger partial charge in [-0.25, -0.2) is 4.98 Å². The molecule has 2 aliphatic heterocycles. The summed E-state index contributed by atoms with van der Waals surface area (Å²) in [5, 5.41) is 3.06. The van der Waals surface area contributed by atoms with E-state index in [1.807, 2.05) is 19.3 Å². The highest BCUT2D eigenvalue weighted by atomic mass is 16.5. The molecule has 1 atom stereocenters. The maximum absolute atomic E-state index is 12.2. The minimum Gasteiger partial charge on any atom is -0.498 e. The van der Waals surface area contributed by atoms with Crippen LogP contribution in [-0.2, 0) is 22.5 Å². The number of aryl methyl sites for hydroxylation is 1. The summed E-state index contributed by atoms with van der Waals surface area (Å²) in [5.74, 6) is 2.48. The molecule has 3 heterocycles. The van der Waals surface area contributed by atoms with Crippen LogP contribution in [0.5, 0.6) is 0 Å². The van der Waals surface area contributed by atoms with Gasteiger partial charge in [-0.3, -0.25) is 4.79 Å². The van der Waals surface area contributed by atoms with Crippen molar-refractivity contribution in [2.45, 2.75) is 39.2 Å². The third-order valence-corrected chi connectivity index (χ3v) is 4.17. The molecule has 1 amide bonds. The minimum atomic E-state index is 0.0404. The van der Waals surface area contributed by atoms with Crippen LogP contribution in [0.4, 0.5) is 0 Å². The van der Waals surface area contributed by atoms with Gasteiger partial charge in [0, 0.05) is 31.9 Å². The second kappa shape index (κ2) is 5.69. The van der Waals surface area contributed by atoms with Crippen molar-refractivity contribution >= 4 is 5.91 Å². The molecular formula is C15H21N3O2. The first-order valence-corrected chi connectivity index (χ1v) is 7.35. The summed E-state index contributed by atoms with van der Waals surface area (Å²) >= 11 is 0. The number of amides is 1. The van der Waals surface area contributed by atoms with Crippen LogP contribution in [0.25, 0.3) is 0 Å². The summed E-state index contributed by atoms with van der Waals surface area (Å²) in [4.78, 5) is 16.5. The van der Waals surface area contributed by atoms with E-state index in [1.165, 1.54) is 0 Å². The van der Waals surface area contributed by atoms with Crippen molar-refractivity contribution in [3.63, 3.8) is 0 Å². The van der Waals surface area contributed by atoms with E-state index in [0.717, 1.165) is 62.5 Å². The number of carbonyl (C=O) groups is 1. The highest BCUT2D eigenvalue weighted by molar-refractivity contribution is 5.93.